The highest BCUT2D eigenvalue weighted by Gasteiger charge is 2.20. The van der Waals surface area contributed by atoms with Gasteiger partial charge in [0, 0.05) is 22.2 Å². The second-order valence-electron chi connectivity index (χ2n) is 3.65. The van der Waals surface area contributed by atoms with E-state index in [2.05, 4.69) is 6.07 Å². The van der Waals surface area contributed by atoms with E-state index in [0.717, 1.165) is 0 Å². The molecule has 0 spiro atoms. The minimum atomic E-state index is -0.514. The number of ether oxygens (including phenoxy) is 1. The maximum atomic E-state index is 11.0. The van der Waals surface area contributed by atoms with Crippen molar-refractivity contribution in [2.75, 3.05) is 7.11 Å². The summed E-state index contributed by atoms with van der Waals surface area (Å²) in [5.74, 6) is 0.122. The standard InChI is InChI=1S/C13H8Cl2NO3/c1-19-13-10(3-2-4-12(13)16(17)18)9-6-5-8(14)7-11(9)15/h2,4-7H,1H3. The fourth-order valence-corrected chi connectivity index (χ4v) is 2.22. The van der Waals surface area contributed by atoms with E-state index in [9.17, 15) is 10.1 Å². The van der Waals surface area contributed by atoms with Gasteiger partial charge in [-0.25, -0.2) is 0 Å². The second kappa shape index (κ2) is 5.47. The molecule has 0 unspecified atom stereocenters. The maximum absolute atomic E-state index is 11.0. The van der Waals surface area contributed by atoms with Gasteiger partial charge < -0.3 is 4.74 Å². The third-order valence-corrected chi connectivity index (χ3v) is 3.08. The Labute approximate surface area is 119 Å². The Bertz CT molecular complexity index is 644. The predicted octanol–water partition coefficient (Wildman–Crippen LogP) is 4.38. The summed E-state index contributed by atoms with van der Waals surface area (Å²) in [6.07, 6.45) is 0. The van der Waals surface area contributed by atoms with Gasteiger partial charge in [0.15, 0.2) is 0 Å². The molecule has 0 amide bonds. The van der Waals surface area contributed by atoms with Crippen LogP contribution in [0.3, 0.4) is 0 Å². The molecule has 6 heteroatoms. The lowest BCUT2D eigenvalue weighted by atomic mass is 10.0. The quantitative estimate of drug-likeness (QED) is 0.624. The number of nitro groups is 1. The third-order valence-electron chi connectivity index (χ3n) is 2.53. The van der Waals surface area contributed by atoms with E-state index >= 15 is 0 Å². The van der Waals surface area contributed by atoms with Gasteiger partial charge in [0.2, 0.25) is 5.75 Å². The summed E-state index contributed by atoms with van der Waals surface area (Å²) in [5.41, 5.74) is 0.868. The topological polar surface area (TPSA) is 52.4 Å². The number of benzene rings is 2. The van der Waals surface area contributed by atoms with Crippen molar-refractivity contribution in [2.45, 2.75) is 0 Å². The summed E-state index contributed by atoms with van der Waals surface area (Å²) in [6.45, 7) is 0. The lowest BCUT2D eigenvalue weighted by Crippen LogP contribution is -1.96. The Hall–Kier alpha value is -1.78. The molecule has 0 aliphatic heterocycles. The molecule has 0 aliphatic rings. The zero-order valence-corrected chi connectivity index (χ0v) is 11.3. The molecule has 4 nitrogen and oxygen atoms in total. The number of halogens is 2. The van der Waals surface area contributed by atoms with E-state index in [1.54, 1.807) is 18.2 Å². The van der Waals surface area contributed by atoms with Crippen molar-refractivity contribution in [3.8, 4) is 16.9 Å². The van der Waals surface area contributed by atoms with Gasteiger partial charge in [0.05, 0.1) is 17.1 Å². The summed E-state index contributed by atoms with van der Waals surface area (Å²) in [6, 6.07) is 10.6. The molecular formula is C13H8Cl2NO3. The number of nitrogens with zero attached hydrogens (tertiary/aromatic N) is 1. The van der Waals surface area contributed by atoms with E-state index in [1.165, 1.54) is 19.2 Å². The summed E-state index contributed by atoms with van der Waals surface area (Å²) < 4.78 is 5.11. The van der Waals surface area contributed by atoms with Crippen molar-refractivity contribution in [1.82, 2.24) is 0 Å². The van der Waals surface area contributed by atoms with Gasteiger partial charge >= 0.3 is 5.69 Å². The average Bonchev–Trinajstić information content (AvgIpc) is 2.37. The van der Waals surface area contributed by atoms with Crippen LogP contribution < -0.4 is 4.74 Å². The SMILES string of the molecule is COc1c(-c2ccc(Cl)cc2Cl)[c]ccc1[N+](=O)[O-]. The molecule has 0 atom stereocenters. The molecule has 97 valence electrons. The van der Waals surface area contributed by atoms with Crippen molar-refractivity contribution in [3.05, 3.63) is 56.6 Å². The number of methoxy groups -OCH3 is 1. The first-order valence-electron chi connectivity index (χ1n) is 5.23. The van der Waals surface area contributed by atoms with E-state index < -0.39 is 4.92 Å². The molecule has 2 aromatic rings. The second-order valence-corrected chi connectivity index (χ2v) is 4.50. The van der Waals surface area contributed by atoms with Crippen LogP contribution in [-0.2, 0) is 0 Å². The first-order valence-corrected chi connectivity index (χ1v) is 5.98. The van der Waals surface area contributed by atoms with Crippen LogP contribution in [0.4, 0.5) is 5.69 Å². The van der Waals surface area contributed by atoms with Crippen molar-refractivity contribution in [1.29, 1.82) is 0 Å². The molecule has 0 bridgehead atoms. The molecule has 0 saturated carbocycles. The summed E-state index contributed by atoms with van der Waals surface area (Å²) in [4.78, 5) is 10.4. The van der Waals surface area contributed by atoms with E-state index in [1.807, 2.05) is 0 Å². The highest BCUT2D eigenvalue weighted by molar-refractivity contribution is 6.36. The monoisotopic (exact) mass is 296 g/mol. The summed E-state index contributed by atoms with van der Waals surface area (Å²) >= 11 is 11.9. The fraction of sp³-hybridized carbons (Fsp3) is 0.0769. The Morgan fingerprint density at radius 1 is 1.32 bits per heavy atom. The van der Waals surface area contributed by atoms with Crippen molar-refractivity contribution < 1.29 is 9.66 Å². The van der Waals surface area contributed by atoms with Crippen molar-refractivity contribution in [2.24, 2.45) is 0 Å². The summed E-state index contributed by atoms with van der Waals surface area (Å²) in [7, 11) is 1.36. The molecule has 1 radical (unpaired) electrons. The van der Waals surface area contributed by atoms with Crippen LogP contribution in [-0.4, -0.2) is 12.0 Å². The fourth-order valence-electron chi connectivity index (χ4n) is 1.72. The van der Waals surface area contributed by atoms with E-state index in [-0.39, 0.29) is 11.4 Å². The van der Waals surface area contributed by atoms with Gasteiger partial charge in [-0.3, -0.25) is 10.1 Å². The van der Waals surface area contributed by atoms with Gasteiger partial charge in [0.1, 0.15) is 0 Å². The normalized spacial score (nSPS) is 10.3. The number of rotatable bonds is 3. The lowest BCUT2D eigenvalue weighted by molar-refractivity contribution is -0.385. The maximum Gasteiger partial charge on any atom is 0.311 e. The van der Waals surface area contributed by atoms with Crippen LogP contribution in [0.15, 0.2) is 30.3 Å². The number of hydrogen-bond donors (Lipinski definition) is 0. The first kappa shape index (κ1) is 13.6. The minimum absolute atomic E-state index is 0.122. The van der Waals surface area contributed by atoms with Crippen LogP contribution in [0, 0.1) is 16.2 Å². The van der Waals surface area contributed by atoms with Gasteiger partial charge in [-0.05, 0) is 24.3 Å². The van der Waals surface area contributed by atoms with Crippen LogP contribution in [0.2, 0.25) is 10.0 Å². The Kier molecular flexibility index (Phi) is 3.93. The van der Waals surface area contributed by atoms with E-state index in [4.69, 9.17) is 27.9 Å². The molecule has 0 aliphatic carbocycles. The van der Waals surface area contributed by atoms with Crippen LogP contribution >= 0.6 is 23.2 Å². The summed E-state index contributed by atoms with van der Waals surface area (Å²) in [5, 5.41) is 11.8. The minimum Gasteiger partial charge on any atom is -0.490 e. The van der Waals surface area contributed by atoms with Gasteiger partial charge in [-0.1, -0.05) is 29.3 Å². The third kappa shape index (κ3) is 2.64. The van der Waals surface area contributed by atoms with Crippen LogP contribution in [0.25, 0.3) is 11.1 Å². The molecule has 0 fully saturated rings. The highest BCUT2D eigenvalue weighted by Crippen LogP contribution is 2.40. The van der Waals surface area contributed by atoms with E-state index in [0.29, 0.717) is 21.2 Å². The molecule has 19 heavy (non-hydrogen) atoms. The lowest BCUT2D eigenvalue weighted by Gasteiger charge is -2.10. The first-order chi connectivity index (χ1) is 9.04. The van der Waals surface area contributed by atoms with Crippen LogP contribution in [0.1, 0.15) is 0 Å². The van der Waals surface area contributed by atoms with Crippen molar-refractivity contribution in [3.63, 3.8) is 0 Å². The zero-order chi connectivity index (χ0) is 14.0. The van der Waals surface area contributed by atoms with Crippen molar-refractivity contribution >= 4 is 28.9 Å². The Balaban J connectivity index is 2.68. The molecular weight excluding hydrogens is 289 g/mol. The average molecular weight is 297 g/mol. The largest absolute Gasteiger partial charge is 0.490 e. The molecule has 0 aromatic heterocycles. The zero-order valence-electron chi connectivity index (χ0n) is 9.81. The molecule has 0 N–H and O–H groups in total. The molecule has 0 saturated heterocycles. The Morgan fingerprint density at radius 2 is 2.05 bits per heavy atom. The molecule has 2 aromatic carbocycles. The number of nitro benzene ring substituents is 1. The molecule has 2 rings (SSSR count). The smallest absolute Gasteiger partial charge is 0.311 e. The van der Waals surface area contributed by atoms with Gasteiger partial charge in [0.25, 0.3) is 0 Å². The predicted molar refractivity (Wildman–Crippen MR) is 73.9 cm³/mol. The van der Waals surface area contributed by atoms with Gasteiger partial charge in [-0.2, -0.15) is 0 Å². The highest BCUT2D eigenvalue weighted by atomic mass is 35.5. The Morgan fingerprint density at radius 3 is 2.63 bits per heavy atom. The van der Waals surface area contributed by atoms with Crippen LogP contribution in [0.5, 0.6) is 5.75 Å². The van der Waals surface area contributed by atoms with Gasteiger partial charge in [-0.15, -0.1) is 0 Å². The molecule has 0 heterocycles. The number of hydrogen-bond acceptors (Lipinski definition) is 3.